The van der Waals surface area contributed by atoms with E-state index < -0.39 is 0 Å². The number of nitrogens with one attached hydrogen (secondary N) is 1. The molecule has 1 aliphatic rings. The molecule has 1 saturated heterocycles. The van der Waals surface area contributed by atoms with Gasteiger partial charge in [0, 0.05) is 35.7 Å². The van der Waals surface area contributed by atoms with Gasteiger partial charge in [0.1, 0.15) is 5.82 Å². The number of hydrogen-bond donors (Lipinski definition) is 1. The van der Waals surface area contributed by atoms with Crippen molar-refractivity contribution in [1.29, 1.82) is 0 Å². The van der Waals surface area contributed by atoms with Gasteiger partial charge in [-0.25, -0.2) is 4.39 Å². The van der Waals surface area contributed by atoms with E-state index in [1.807, 2.05) is 19.1 Å². The van der Waals surface area contributed by atoms with Crippen molar-refractivity contribution in [3.8, 4) is 0 Å². The zero-order chi connectivity index (χ0) is 14.5. The van der Waals surface area contributed by atoms with E-state index in [0.717, 1.165) is 37.3 Å². The Morgan fingerprint density at radius 1 is 1.55 bits per heavy atom. The van der Waals surface area contributed by atoms with E-state index in [1.165, 1.54) is 6.07 Å². The third-order valence-corrected chi connectivity index (χ3v) is 4.24. The molecule has 1 aromatic rings. The third-order valence-electron chi connectivity index (χ3n) is 3.75. The first kappa shape index (κ1) is 15.9. The second-order valence-corrected chi connectivity index (χ2v) is 6.10. The van der Waals surface area contributed by atoms with E-state index in [-0.39, 0.29) is 18.0 Å². The lowest BCUT2D eigenvalue weighted by molar-refractivity contribution is -0.0262. The Hall–Kier alpha value is -0.490. The van der Waals surface area contributed by atoms with Crippen LogP contribution in [0.1, 0.15) is 25.5 Å². The largest absolute Gasteiger partial charge is 0.374 e. The molecule has 20 heavy (non-hydrogen) atoms. The fourth-order valence-electron chi connectivity index (χ4n) is 2.46. The SMILES string of the molecule is CCN1CCOC(CNC(C)c2ccc(Br)cc2F)C1. The second-order valence-electron chi connectivity index (χ2n) is 5.18. The molecule has 3 nitrogen and oxygen atoms in total. The number of likely N-dealkylation sites (N-methyl/N-ethyl adjacent to an activating group) is 1. The maximum Gasteiger partial charge on any atom is 0.129 e. The Morgan fingerprint density at radius 2 is 2.35 bits per heavy atom. The van der Waals surface area contributed by atoms with Crippen LogP contribution in [0.25, 0.3) is 0 Å². The molecule has 2 rings (SSSR count). The molecule has 0 spiro atoms. The minimum atomic E-state index is -0.181. The van der Waals surface area contributed by atoms with E-state index in [9.17, 15) is 4.39 Å². The number of morpholine rings is 1. The summed E-state index contributed by atoms with van der Waals surface area (Å²) >= 11 is 3.28. The first-order valence-electron chi connectivity index (χ1n) is 7.12. The van der Waals surface area contributed by atoms with Crippen molar-refractivity contribution in [2.75, 3.05) is 32.8 Å². The van der Waals surface area contributed by atoms with Gasteiger partial charge in [0.05, 0.1) is 12.7 Å². The highest BCUT2D eigenvalue weighted by atomic mass is 79.9. The monoisotopic (exact) mass is 344 g/mol. The van der Waals surface area contributed by atoms with Gasteiger partial charge in [0.15, 0.2) is 0 Å². The maximum absolute atomic E-state index is 13.9. The Balaban J connectivity index is 1.86. The van der Waals surface area contributed by atoms with E-state index >= 15 is 0 Å². The first-order chi connectivity index (χ1) is 9.60. The van der Waals surface area contributed by atoms with Crippen molar-refractivity contribution in [2.24, 2.45) is 0 Å². The Kier molecular flexibility index (Phi) is 5.96. The normalized spacial score (nSPS) is 21.9. The molecule has 0 saturated carbocycles. The molecular weight excluding hydrogens is 323 g/mol. The number of rotatable bonds is 5. The highest BCUT2D eigenvalue weighted by Crippen LogP contribution is 2.21. The van der Waals surface area contributed by atoms with Crippen LogP contribution >= 0.6 is 15.9 Å². The van der Waals surface area contributed by atoms with Crippen LogP contribution in [-0.2, 0) is 4.74 Å². The molecular formula is C15H22BrFN2O. The summed E-state index contributed by atoms with van der Waals surface area (Å²) in [5.41, 5.74) is 0.691. The summed E-state index contributed by atoms with van der Waals surface area (Å²) in [5.74, 6) is -0.181. The minimum Gasteiger partial charge on any atom is -0.374 e. The number of nitrogens with zero attached hydrogens (tertiary/aromatic N) is 1. The predicted molar refractivity (Wildman–Crippen MR) is 82.4 cm³/mol. The van der Waals surface area contributed by atoms with Crippen molar-refractivity contribution in [2.45, 2.75) is 26.0 Å². The standard InChI is InChI=1S/C15H22BrFN2O/c1-3-19-6-7-20-13(10-19)9-18-11(2)14-5-4-12(16)8-15(14)17/h4-5,8,11,13,18H,3,6-7,9-10H2,1-2H3. The molecule has 0 amide bonds. The van der Waals surface area contributed by atoms with Crippen LogP contribution in [0, 0.1) is 5.82 Å². The van der Waals surface area contributed by atoms with Gasteiger partial charge in [-0.15, -0.1) is 0 Å². The fourth-order valence-corrected chi connectivity index (χ4v) is 2.80. The lowest BCUT2D eigenvalue weighted by Crippen LogP contribution is -2.46. The number of ether oxygens (including phenoxy) is 1. The van der Waals surface area contributed by atoms with Crippen molar-refractivity contribution < 1.29 is 9.13 Å². The summed E-state index contributed by atoms with van der Waals surface area (Å²) in [6, 6.07) is 5.16. The van der Waals surface area contributed by atoms with Gasteiger partial charge in [-0.05, 0) is 25.6 Å². The topological polar surface area (TPSA) is 24.5 Å². The van der Waals surface area contributed by atoms with Crippen LogP contribution in [0.5, 0.6) is 0 Å². The highest BCUT2D eigenvalue weighted by Gasteiger charge is 2.20. The van der Waals surface area contributed by atoms with Gasteiger partial charge >= 0.3 is 0 Å². The molecule has 0 bridgehead atoms. The minimum absolute atomic E-state index is 0.0243. The van der Waals surface area contributed by atoms with Crippen LogP contribution in [-0.4, -0.2) is 43.8 Å². The smallest absolute Gasteiger partial charge is 0.129 e. The molecule has 1 fully saturated rings. The quantitative estimate of drug-likeness (QED) is 0.888. The zero-order valence-corrected chi connectivity index (χ0v) is 13.6. The summed E-state index contributed by atoms with van der Waals surface area (Å²) in [6.07, 6.45) is 0.185. The number of halogens is 2. The molecule has 1 heterocycles. The maximum atomic E-state index is 13.9. The molecule has 0 aromatic heterocycles. The average molecular weight is 345 g/mol. The molecule has 5 heteroatoms. The van der Waals surface area contributed by atoms with E-state index in [1.54, 1.807) is 0 Å². The fraction of sp³-hybridized carbons (Fsp3) is 0.600. The molecule has 1 aromatic carbocycles. The lowest BCUT2D eigenvalue weighted by Gasteiger charge is -2.32. The Bertz CT molecular complexity index is 444. The Labute approximate surface area is 128 Å². The van der Waals surface area contributed by atoms with Crippen molar-refractivity contribution in [3.63, 3.8) is 0 Å². The molecule has 2 atom stereocenters. The van der Waals surface area contributed by atoms with Crippen molar-refractivity contribution >= 4 is 15.9 Å². The summed E-state index contributed by atoms with van der Waals surface area (Å²) in [4.78, 5) is 2.38. The van der Waals surface area contributed by atoms with Gasteiger partial charge in [0.25, 0.3) is 0 Å². The summed E-state index contributed by atoms with van der Waals surface area (Å²) in [5, 5.41) is 3.37. The molecule has 112 valence electrons. The van der Waals surface area contributed by atoms with Crippen LogP contribution < -0.4 is 5.32 Å². The van der Waals surface area contributed by atoms with Crippen molar-refractivity contribution in [3.05, 3.63) is 34.1 Å². The summed E-state index contributed by atoms with van der Waals surface area (Å²) < 4.78 is 20.4. The van der Waals surface area contributed by atoms with E-state index in [0.29, 0.717) is 5.56 Å². The second kappa shape index (κ2) is 7.50. The van der Waals surface area contributed by atoms with E-state index in [4.69, 9.17) is 4.74 Å². The summed E-state index contributed by atoms with van der Waals surface area (Å²) in [7, 11) is 0. The van der Waals surface area contributed by atoms with Crippen LogP contribution in [0.2, 0.25) is 0 Å². The molecule has 1 N–H and O–H groups in total. The average Bonchev–Trinajstić information content (AvgIpc) is 2.45. The van der Waals surface area contributed by atoms with Crippen LogP contribution in [0.15, 0.2) is 22.7 Å². The predicted octanol–water partition coefficient (Wildman–Crippen LogP) is 2.96. The van der Waals surface area contributed by atoms with Gasteiger partial charge < -0.3 is 10.1 Å². The lowest BCUT2D eigenvalue weighted by atomic mass is 10.1. The summed E-state index contributed by atoms with van der Waals surface area (Å²) in [6.45, 7) is 8.66. The molecule has 1 aliphatic heterocycles. The van der Waals surface area contributed by atoms with Crippen molar-refractivity contribution in [1.82, 2.24) is 10.2 Å². The highest BCUT2D eigenvalue weighted by molar-refractivity contribution is 9.10. The molecule has 0 radical (unpaired) electrons. The van der Waals surface area contributed by atoms with Gasteiger partial charge in [0.2, 0.25) is 0 Å². The van der Waals surface area contributed by atoms with Crippen LogP contribution in [0.3, 0.4) is 0 Å². The van der Waals surface area contributed by atoms with Gasteiger partial charge in [-0.1, -0.05) is 28.9 Å². The zero-order valence-electron chi connectivity index (χ0n) is 12.0. The number of benzene rings is 1. The van der Waals surface area contributed by atoms with E-state index in [2.05, 4.69) is 33.1 Å². The first-order valence-corrected chi connectivity index (χ1v) is 7.91. The van der Waals surface area contributed by atoms with Gasteiger partial charge in [-0.3, -0.25) is 4.90 Å². The molecule has 2 unspecified atom stereocenters. The van der Waals surface area contributed by atoms with Crippen LogP contribution in [0.4, 0.5) is 4.39 Å². The third kappa shape index (κ3) is 4.25. The molecule has 0 aliphatic carbocycles. The number of hydrogen-bond acceptors (Lipinski definition) is 3. The van der Waals surface area contributed by atoms with Gasteiger partial charge in [-0.2, -0.15) is 0 Å². The Morgan fingerprint density at radius 3 is 3.05 bits per heavy atom.